The first-order valence-electron chi connectivity index (χ1n) is 10.8. The lowest BCUT2D eigenvalue weighted by molar-refractivity contribution is 0.0205. The summed E-state index contributed by atoms with van der Waals surface area (Å²) in [5.41, 5.74) is 0.769. The van der Waals surface area contributed by atoms with Crippen LogP contribution < -0.4 is 0 Å². The highest BCUT2D eigenvalue weighted by molar-refractivity contribution is 9.10. The van der Waals surface area contributed by atoms with Gasteiger partial charge in [0, 0.05) is 27.3 Å². The van der Waals surface area contributed by atoms with E-state index in [0.717, 1.165) is 18.9 Å². The molecule has 31 heavy (non-hydrogen) atoms. The topological polar surface area (TPSA) is 56.6 Å². The van der Waals surface area contributed by atoms with Crippen molar-refractivity contribution in [3.63, 3.8) is 0 Å². The number of nitrogens with zero attached hydrogens (tertiary/aromatic N) is 3. The fourth-order valence-electron chi connectivity index (χ4n) is 3.64. The molecule has 1 aromatic carbocycles. The first-order chi connectivity index (χ1) is 14.4. The van der Waals surface area contributed by atoms with Gasteiger partial charge in [0.1, 0.15) is 24.0 Å². The van der Waals surface area contributed by atoms with E-state index in [2.05, 4.69) is 35.6 Å². The van der Waals surface area contributed by atoms with Crippen LogP contribution in [0.1, 0.15) is 45.5 Å². The number of fused-ring (bicyclic) bond motifs is 1. The summed E-state index contributed by atoms with van der Waals surface area (Å²) < 4.78 is 28.2. The predicted molar refractivity (Wildman–Crippen MR) is 126 cm³/mol. The third-order valence-corrected chi connectivity index (χ3v) is 7.53. The maximum Gasteiger partial charge on any atom is 0.410 e. The highest BCUT2D eigenvalue weighted by Gasteiger charge is 2.36. The van der Waals surface area contributed by atoms with Crippen LogP contribution >= 0.6 is 15.9 Å². The minimum absolute atomic E-state index is 0.232. The summed E-state index contributed by atoms with van der Waals surface area (Å²) in [7, 11) is -1.22. The van der Waals surface area contributed by atoms with Gasteiger partial charge in [-0.1, -0.05) is 19.6 Å². The second-order valence-corrected chi connectivity index (χ2v) is 16.8. The average Bonchev–Trinajstić information content (AvgIpc) is 3.22. The van der Waals surface area contributed by atoms with Crippen molar-refractivity contribution in [2.45, 2.75) is 77.7 Å². The molecular formula is C22H33BrFN3O3Si. The molecule has 1 atom stereocenters. The maximum atomic E-state index is 14.3. The maximum absolute atomic E-state index is 14.3. The number of halogens is 2. The van der Waals surface area contributed by atoms with Gasteiger partial charge in [-0.3, -0.25) is 4.90 Å². The molecule has 1 aliphatic rings. The Morgan fingerprint density at radius 1 is 1.32 bits per heavy atom. The van der Waals surface area contributed by atoms with Crippen LogP contribution in [0.4, 0.5) is 9.18 Å². The third-order valence-electron chi connectivity index (χ3n) is 5.22. The van der Waals surface area contributed by atoms with Crippen molar-refractivity contribution in [1.29, 1.82) is 0 Å². The molecule has 1 saturated heterocycles. The third kappa shape index (κ3) is 6.07. The van der Waals surface area contributed by atoms with Gasteiger partial charge in [0.2, 0.25) is 0 Å². The summed E-state index contributed by atoms with van der Waals surface area (Å²) in [6.45, 7) is 14.0. The van der Waals surface area contributed by atoms with Crippen molar-refractivity contribution in [2.75, 3.05) is 13.2 Å². The molecule has 0 radical (unpaired) electrons. The number of imidazole rings is 1. The van der Waals surface area contributed by atoms with Gasteiger partial charge in [0.15, 0.2) is 0 Å². The summed E-state index contributed by atoms with van der Waals surface area (Å²) in [6.07, 6.45) is 1.29. The summed E-state index contributed by atoms with van der Waals surface area (Å²) >= 11 is 3.25. The Balaban J connectivity index is 1.93. The van der Waals surface area contributed by atoms with Crippen molar-refractivity contribution < 1.29 is 18.7 Å². The Morgan fingerprint density at radius 3 is 2.68 bits per heavy atom. The largest absolute Gasteiger partial charge is 0.444 e. The number of likely N-dealkylation sites (tertiary alicyclic amines) is 1. The number of carbonyl (C=O) groups excluding carboxylic acids is 1. The normalized spacial score (nSPS) is 17.5. The van der Waals surface area contributed by atoms with Crippen LogP contribution in [-0.2, 0) is 16.2 Å². The van der Waals surface area contributed by atoms with Gasteiger partial charge in [-0.15, -0.1) is 0 Å². The van der Waals surface area contributed by atoms with Gasteiger partial charge in [-0.2, -0.15) is 0 Å². The molecule has 0 unspecified atom stereocenters. The van der Waals surface area contributed by atoms with Crippen LogP contribution in [0, 0.1) is 5.82 Å². The molecule has 6 nitrogen and oxygen atoms in total. The zero-order valence-electron chi connectivity index (χ0n) is 19.3. The Bertz CT molecular complexity index is 952. The van der Waals surface area contributed by atoms with Crippen molar-refractivity contribution in [2.24, 2.45) is 0 Å². The fraction of sp³-hybridized carbons (Fsp3) is 0.636. The minimum Gasteiger partial charge on any atom is -0.444 e. The SMILES string of the molecule is CC(C)(C)OC(=O)N1CCC[C@H]1c1nc2cc(Br)c(F)cc2n1COCC[Si](C)(C)C. The molecule has 1 amide bonds. The first-order valence-corrected chi connectivity index (χ1v) is 15.3. The monoisotopic (exact) mass is 513 g/mol. The molecule has 0 saturated carbocycles. The van der Waals surface area contributed by atoms with Gasteiger partial charge >= 0.3 is 6.09 Å². The van der Waals surface area contributed by atoms with Gasteiger partial charge in [0.05, 0.1) is 21.5 Å². The Hall–Kier alpha value is -1.45. The second kappa shape index (κ2) is 9.19. The highest BCUT2D eigenvalue weighted by Crippen LogP contribution is 2.35. The molecule has 1 fully saturated rings. The molecule has 3 rings (SSSR count). The molecule has 172 valence electrons. The van der Waals surface area contributed by atoms with Crippen molar-refractivity contribution in [3.8, 4) is 0 Å². The highest BCUT2D eigenvalue weighted by atomic mass is 79.9. The molecule has 0 bridgehead atoms. The quantitative estimate of drug-likeness (QED) is 0.334. The molecular weight excluding hydrogens is 481 g/mol. The van der Waals surface area contributed by atoms with E-state index >= 15 is 0 Å². The lowest BCUT2D eigenvalue weighted by Crippen LogP contribution is -2.37. The zero-order chi connectivity index (χ0) is 23.0. The Morgan fingerprint density at radius 2 is 2.03 bits per heavy atom. The van der Waals surface area contributed by atoms with Crippen LogP contribution in [0.25, 0.3) is 11.0 Å². The lowest BCUT2D eigenvalue weighted by atomic mass is 10.2. The fourth-order valence-corrected chi connectivity index (χ4v) is 4.73. The van der Waals surface area contributed by atoms with Crippen LogP contribution in [0.5, 0.6) is 0 Å². The van der Waals surface area contributed by atoms with Crippen LogP contribution in [-0.4, -0.2) is 47.4 Å². The van der Waals surface area contributed by atoms with E-state index < -0.39 is 13.7 Å². The molecule has 9 heteroatoms. The summed E-state index contributed by atoms with van der Waals surface area (Å²) in [5, 5.41) is 0. The second-order valence-electron chi connectivity index (χ2n) is 10.3. The molecule has 0 spiro atoms. The van der Waals surface area contributed by atoms with Crippen molar-refractivity contribution >= 4 is 41.1 Å². The number of rotatable bonds is 6. The van der Waals surface area contributed by atoms with E-state index in [-0.39, 0.29) is 24.7 Å². The molecule has 2 aromatic rings. The summed E-state index contributed by atoms with van der Waals surface area (Å²) in [5.74, 6) is 0.363. The van der Waals surface area contributed by atoms with Gasteiger partial charge < -0.3 is 14.0 Å². The van der Waals surface area contributed by atoms with E-state index in [1.54, 1.807) is 11.0 Å². The van der Waals surface area contributed by atoms with E-state index in [9.17, 15) is 9.18 Å². The smallest absolute Gasteiger partial charge is 0.410 e. The van der Waals surface area contributed by atoms with Gasteiger partial charge in [0.25, 0.3) is 0 Å². The Labute approximate surface area is 193 Å². The number of aromatic nitrogens is 2. The molecule has 1 aliphatic heterocycles. The van der Waals surface area contributed by atoms with E-state index in [0.29, 0.717) is 34.5 Å². The first kappa shape index (κ1) is 24.2. The van der Waals surface area contributed by atoms with Crippen LogP contribution in [0.15, 0.2) is 16.6 Å². The molecule has 0 aliphatic carbocycles. The number of carbonyl (C=O) groups is 1. The van der Waals surface area contributed by atoms with E-state index in [1.807, 2.05) is 25.3 Å². The van der Waals surface area contributed by atoms with Crippen LogP contribution in [0.2, 0.25) is 25.7 Å². The van der Waals surface area contributed by atoms with E-state index in [4.69, 9.17) is 14.5 Å². The number of hydrogen-bond acceptors (Lipinski definition) is 4. The standard InChI is InChI=1S/C22H33BrFN3O3Si/c1-22(2,3)30-21(28)26-9-7-8-18(26)20-25-17-12-15(23)16(24)13-19(17)27(20)14-29-10-11-31(4,5)6/h12-13,18H,7-11,14H2,1-6H3/t18-/m0/s1. The van der Waals surface area contributed by atoms with E-state index in [1.165, 1.54) is 6.07 Å². The number of ether oxygens (including phenoxy) is 2. The number of amides is 1. The minimum atomic E-state index is -1.22. The van der Waals surface area contributed by atoms with Gasteiger partial charge in [-0.05, 0) is 61.7 Å². The van der Waals surface area contributed by atoms with Crippen molar-refractivity contribution in [3.05, 3.63) is 28.2 Å². The number of benzene rings is 1. The van der Waals surface area contributed by atoms with Crippen molar-refractivity contribution in [1.82, 2.24) is 14.5 Å². The van der Waals surface area contributed by atoms with Crippen LogP contribution in [0.3, 0.4) is 0 Å². The molecule has 1 aromatic heterocycles. The average molecular weight is 515 g/mol. The van der Waals surface area contributed by atoms with Gasteiger partial charge in [-0.25, -0.2) is 14.2 Å². The zero-order valence-corrected chi connectivity index (χ0v) is 21.9. The predicted octanol–water partition coefficient (Wildman–Crippen LogP) is 6.32. The lowest BCUT2D eigenvalue weighted by Gasteiger charge is -2.28. The Kier molecular flexibility index (Phi) is 7.17. The summed E-state index contributed by atoms with van der Waals surface area (Å²) in [6, 6.07) is 3.97. The number of hydrogen-bond donors (Lipinski definition) is 0. The molecule has 0 N–H and O–H groups in total. The molecule has 2 heterocycles. The summed E-state index contributed by atoms with van der Waals surface area (Å²) in [4.78, 5) is 19.4.